The Morgan fingerprint density at radius 3 is 2.26 bits per heavy atom. The number of aliphatic hydroxyl groups excluding tert-OH is 1. The van der Waals surface area contributed by atoms with Crippen LogP contribution in [0.5, 0.6) is 0 Å². The standard InChI is InChI=1S/C38H55NO3/c1-24(2)31-27(40)22-38(33(42)39(8)23-25-12-10-9-11-13-25)21-20-36(6)26(32(31)38)14-15-29-35(5)18-17-30(41)34(3,4)28(35)16-19-37(29,36)7/h9-13,24,26,28-30,41H,14-23H2,1-8H3/t26-,28?,29?,30+,35+,36-,37-,38-/m1/s1. The number of benzene rings is 1. The highest BCUT2D eigenvalue weighted by atomic mass is 16.3. The number of hydrogen-bond acceptors (Lipinski definition) is 3. The molecule has 1 N–H and O–H groups in total. The highest BCUT2D eigenvalue weighted by Crippen LogP contribution is 2.76. The molecule has 2 unspecified atom stereocenters. The Morgan fingerprint density at radius 2 is 1.60 bits per heavy atom. The molecular weight excluding hydrogens is 518 g/mol. The molecule has 4 heteroatoms. The molecule has 0 bridgehead atoms. The van der Waals surface area contributed by atoms with Crippen molar-refractivity contribution in [1.29, 1.82) is 0 Å². The average Bonchev–Trinajstić information content (AvgIpc) is 3.24. The monoisotopic (exact) mass is 573 g/mol. The van der Waals surface area contributed by atoms with Crippen LogP contribution < -0.4 is 0 Å². The molecule has 0 aromatic heterocycles. The van der Waals surface area contributed by atoms with Gasteiger partial charge in [-0.15, -0.1) is 0 Å². The highest BCUT2D eigenvalue weighted by molar-refractivity contribution is 6.06. The first-order valence-electron chi connectivity index (χ1n) is 16.9. The van der Waals surface area contributed by atoms with Gasteiger partial charge in [-0.05, 0) is 113 Å². The fraction of sp³-hybridized carbons (Fsp3) is 0.737. The summed E-state index contributed by atoms with van der Waals surface area (Å²) in [5.74, 6) is 1.90. The molecule has 1 aromatic rings. The smallest absolute Gasteiger partial charge is 0.233 e. The van der Waals surface area contributed by atoms with E-state index in [1.54, 1.807) is 0 Å². The van der Waals surface area contributed by atoms with Crippen LogP contribution in [0.2, 0.25) is 0 Å². The quantitative estimate of drug-likeness (QED) is 0.397. The Bertz CT molecular complexity index is 1300. The number of amides is 1. The molecule has 1 amide bonds. The molecule has 0 aliphatic heterocycles. The minimum absolute atomic E-state index is 0.0476. The number of carbonyl (C=O) groups is 2. The van der Waals surface area contributed by atoms with Crippen molar-refractivity contribution in [1.82, 2.24) is 4.90 Å². The van der Waals surface area contributed by atoms with Gasteiger partial charge in [0.15, 0.2) is 5.78 Å². The van der Waals surface area contributed by atoms with Crippen molar-refractivity contribution in [3.05, 3.63) is 47.0 Å². The number of aliphatic hydroxyl groups is 1. The number of rotatable bonds is 4. The van der Waals surface area contributed by atoms with Gasteiger partial charge in [-0.2, -0.15) is 0 Å². The third-order valence-corrected chi connectivity index (χ3v) is 14.4. The van der Waals surface area contributed by atoms with E-state index in [0.29, 0.717) is 24.8 Å². The molecule has 0 heterocycles. The minimum atomic E-state index is -0.689. The van der Waals surface area contributed by atoms with E-state index in [1.807, 2.05) is 30.1 Å². The Kier molecular flexibility index (Phi) is 7.01. The lowest BCUT2D eigenvalue weighted by Crippen LogP contribution is -2.66. The first-order chi connectivity index (χ1) is 19.6. The predicted octanol–water partition coefficient (Wildman–Crippen LogP) is 7.99. The van der Waals surface area contributed by atoms with Crippen LogP contribution >= 0.6 is 0 Å². The number of fused-ring (bicyclic) bond motifs is 7. The van der Waals surface area contributed by atoms with Crippen LogP contribution in [-0.4, -0.2) is 34.8 Å². The van der Waals surface area contributed by atoms with Crippen LogP contribution in [0, 0.1) is 50.7 Å². The summed E-state index contributed by atoms with van der Waals surface area (Å²) in [5, 5.41) is 11.0. The van der Waals surface area contributed by atoms with Gasteiger partial charge in [-0.25, -0.2) is 0 Å². The first kappa shape index (κ1) is 30.1. The van der Waals surface area contributed by atoms with Gasteiger partial charge in [0, 0.05) is 20.0 Å². The van der Waals surface area contributed by atoms with E-state index in [9.17, 15) is 14.7 Å². The Labute approximate surface area is 254 Å². The number of carbonyl (C=O) groups excluding carboxylic acids is 2. The number of allylic oxidation sites excluding steroid dienone is 1. The fourth-order valence-electron chi connectivity index (χ4n) is 12.2. The SMILES string of the molecule is CC(C)C1=C2[C@H]3CCC4[C@@]5(C)CC[C@H](O)C(C)(C)C5CC[C@@]4(C)[C@]3(C)CC[C@@]2(C(=O)N(C)Cc2ccccc2)CC1=O. The second-order valence-electron chi connectivity index (χ2n) is 16.8. The summed E-state index contributed by atoms with van der Waals surface area (Å²) in [5.41, 5.74) is 3.01. The topological polar surface area (TPSA) is 57.6 Å². The van der Waals surface area contributed by atoms with E-state index in [0.717, 1.165) is 56.1 Å². The molecule has 230 valence electrons. The molecule has 1 aromatic carbocycles. The molecule has 4 fully saturated rings. The summed E-state index contributed by atoms with van der Waals surface area (Å²) in [4.78, 5) is 30.4. The third kappa shape index (κ3) is 3.88. The summed E-state index contributed by atoms with van der Waals surface area (Å²) in [7, 11) is 1.94. The molecule has 0 radical (unpaired) electrons. The van der Waals surface area contributed by atoms with Crippen LogP contribution in [0.4, 0.5) is 0 Å². The summed E-state index contributed by atoms with van der Waals surface area (Å²) in [6.45, 7) is 17.2. The van der Waals surface area contributed by atoms with Crippen molar-refractivity contribution in [2.75, 3.05) is 7.05 Å². The largest absolute Gasteiger partial charge is 0.393 e. The van der Waals surface area contributed by atoms with Crippen LogP contribution in [0.25, 0.3) is 0 Å². The van der Waals surface area contributed by atoms with Crippen LogP contribution in [0.3, 0.4) is 0 Å². The van der Waals surface area contributed by atoms with Crippen molar-refractivity contribution < 1.29 is 14.7 Å². The highest BCUT2D eigenvalue weighted by Gasteiger charge is 2.70. The molecule has 0 saturated heterocycles. The number of hydrogen-bond donors (Lipinski definition) is 1. The second-order valence-corrected chi connectivity index (χ2v) is 16.8. The second kappa shape index (κ2) is 9.78. The zero-order valence-corrected chi connectivity index (χ0v) is 27.6. The zero-order valence-electron chi connectivity index (χ0n) is 27.6. The lowest BCUT2D eigenvalue weighted by Gasteiger charge is -2.72. The van der Waals surface area contributed by atoms with Crippen molar-refractivity contribution in [2.24, 2.45) is 50.7 Å². The van der Waals surface area contributed by atoms with Gasteiger partial charge >= 0.3 is 0 Å². The van der Waals surface area contributed by atoms with Gasteiger partial charge in [-0.1, -0.05) is 78.8 Å². The average molecular weight is 574 g/mol. The Morgan fingerprint density at radius 1 is 0.905 bits per heavy atom. The van der Waals surface area contributed by atoms with Crippen molar-refractivity contribution in [2.45, 2.75) is 119 Å². The molecule has 5 aliphatic carbocycles. The molecule has 0 spiro atoms. The maximum atomic E-state index is 14.6. The molecule has 5 aliphatic rings. The fourth-order valence-corrected chi connectivity index (χ4v) is 12.2. The van der Waals surface area contributed by atoms with Gasteiger partial charge in [0.1, 0.15) is 0 Å². The van der Waals surface area contributed by atoms with Gasteiger partial charge in [-0.3, -0.25) is 9.59 Å². The first-order valence-corrected chi connectivity index (χ1v) is 16.9. The lowest BCUT2D eigenvalue weighted by atomic mass is 9.33. The van der Waals surface area contributed by atoms with E-state index in [4.69, 9.17) is 0 Å². The molecule has 42 heavy (non-hydrogen) atoms. The van der Waals surface area contributed by atoms with Crippen LogP contribution in [-0.2, 0) is 16.1 Å². The molecular formula is C38H55NO3. The van der Waals surface area contributed by atoms with Crippen molar-refractivity contribution in [3.8, 4) is 0 Å². The number of ketones is 1. The predicted molar refractivity (Wildman–Crippen MR) is 168 cm³/mol. The molecule has 4 saturated carbocycles. The van der Waals surface area contributed by atoms with E-state index in [1.165, 1.54) is 12.0 Å². The minimum Gasteiger partial charge on any atom is -0.393 e. The van der Waals surface area contributed by atoms with Gasteiger partial charge < -0.3 is 10.0 Å². The van der Waals surface area contributed by atoms with Crippen LogP contribution in [0.15, 0.2) is 41.5 Å². The Hall–Kier alpha value is -1.94. The summed E-state index contributed by atoms with van der Waals surface area (Å²) in [6.07, 6.45) is 8.48. The Balaban J connectivity index is 1.40. The van der Waals surface area contributed by atoms with E-state index < -0.39 is 5.41 Å². The van der Waals surface area contributed by atoms with Crippen molar-refractivity contribution in [3.63, 3.8) is 0 Å². The maximum Gasteiger partial charge on any atom is 0.233 e. The molecule has 4 nitrogen and oxygen atoms in total. The zero-order chi connectivity index (χ0) is 30.5. The summed E-state index contributed by atoms with van der Waals surface area (Å²) >= 11 is 0. The van der Waals surface area contributed by atoms with E-state index >= 15 is 0 Å². The van der Waals surface area contributed by atoms with E-state index in [2.05, 4.69) is 60.6 Å². The lowest BCUT2D eigenvalue weighted by molar-refractivity contribution is -0.228. The maximum absolute atomic E-state index is 14.6. The summed E-state index contributed by atoms with van der Waals surface area (Å²) in [6, 6.07) is 10.2. The van der Waals surface area contributed by atoms with Gasteiger partial charge in [0.25, 0.3) is 0 Å². The van der Waals surface area contributed by atoms with Crippen LogP contribution in [0.1, 0.15) is 112 Å². The van der Waals surface area contributed by atoms with Crippen molar-refractivity contribution >= 4 is 11.7 Å². The normalized spacial score (nSPS) is 42.5. The third-order valence-electron chi connectivity index (χ3n) is 14.4. The summed E-state index contributed by atoms with van der Waals surface area (Å²) < 4.78 is 0. The van der Waals surface area contributed by atoms with Gasteiger partial charge in [0.05, 0.1) is 11.5 Å². The van der Waals surface area contributed by atoms with Gasteiger partial charge in [0.2, 0.25) is 5.91 Å². The number of nitrogens with zero attached hydrogens (tertiary/aromatic N) is 1. The van der Waals surface area contributed by atoms with E-state index in [-0.39, 0.29) is 51.3 Å². The number of Topliss-reactive ketones (excluding diaryl/α,β-unsaturated/α-hetero) is 1. The molecule has 6 rings (SSSR count). The molecule has 8 atom stereocenters.